The lowest BCUT2D eigenvalue weighted by Gasteiger charge is -2.44. The van der Waals surface area contributed by atoms with Gasteiger partial charge in [0.2, 0.25) is 0 Å². The van der Waals surface area contributed by atoms with Gasteiger partial charge in [0.25, 0.3) is 0 Å². The van der Waals surface area contributed by atoms with Gasteiger partial charge in [-0.3, -0.25) is 4.98 Å². The number of nitrogens with zero attached hydrogens (tertiary/aromatic N) is 2. The van der Waals surface area contributed by atoms with Gasteiger partial charge in [0.05, 0.1) is 6.04 Å². The van der Waals surface area contributed by atoms with Crippen LogP contribution in [-0.4, -0.2) is 36.1 Å². The third-order valence-corrected chi connectivity index (χ3v) is 4.76. The summed E-state index contributed by atoms with van der Waals surface area (Å²) in [6.45, 7) is 5.35. The molecule has 0 aliphatic heterocycles. The van der Waals surface area contributed by atoms with Gasteiger partial charge in [-0.05, 0) is 58.5 Å². The van der Waals surface area contributed by atoms with Crippen LogP contribution in [0.15, 0.2) is 18.3 Å². The van der Waals surface area contributed by atoms with Crippen LogP contribution in [-0.2, 0) is 0 Å². The summed E-state index contributed by atoms with van der Waals surface area (Å²) in [6.07, 6.45) is 8.44. The van der Waals surface area contributed by atoms with Crippen molar-refractivity contribution in [3.05, 3.63) is 29.6 Å². The van der Waals surface area contributed by atoms with Crippen molar-refractivity contribution in [1.82, 2.24) is 15.2 Å². The molecule has 1 unspecified atom stereocenters. The Labute approximate surface area is 123 Å². The first kappa shape index (κ1) is 15.5. The summed E-state index contributed by atoms with van der Waals surface area (Å²) < 4.78 is 0. The molecule has 1 fully saturated rings. The van der Waals surface area contributed by atoms with Crippen LogP contribution >= 0.6 is 0 Å². The lowest BCUT2D eigenvalue weighted by atomic mass is 9.82. The third kappa shape index (κ3) is 3.04. The van der Waals surface area contributed by atoms with E-state index in [9.17, 15) is 0 Å². The second-order valence-electron chi connectivity index (χ2n) is 6.33. The summed E-state index contributed by atoms with van der Waals surface area (Å²) in [5.41, 5.74) is 2.67. The minimum absolute atomic E-state index is 0.242. The molecule has 0 spiro atoms. The number of aryl methyl sites for hydroxylation is 1. The van der Waals surface area contributed by atoms with Crippen LogP contribution in [0.1, 0.15) is 56.3 Å². The van der Waals surface area contributed by atoms with E-state index >= 15 is 0 Å². The van der Waals surface area contributed by atoms with Gasteiger partial charge in [-0.25, -0.2) is 0 Å². The molecule has 0 radical (unpaired) electrons. The predicted molar refractivity (Wildman–Crippen MR) is 84.9 cm³/mol. The number of pyridine rings is 1. The Morgan fingerprint density at radius 2 is 2.00 bits per heavy atom. The zero-order valence-electron chi connectivity index (χ0n) is 13.4. The number of rotatable bonds is 6. The summed E-state index contributed by atoms with van der Waals surface area (Å²) in [5.74, 6) is 0. The van der Waals surface area contributed by atoms with Gasteiger partial charge in [0, 0.05) is 17.4 Å². The first-order chi connectivity index (χ1) is 9.60. The van der Waals surface area contributed by atoms with Crippen molar-refractivity contribution >= 4 is 0 Å². The Kier molecular flexibility index (Phi) is 5.17. The molecule has 1 aromatic rings. The van der Waals surface area contributed by atoms with E-state index in [0.717, 1.165) is 12.2 Å². The van der Waals surface area contributed by atoms with Crippen molar-refractivity contribution in [1.29, 1.82) is 0 Å². The molecule has 1 saturated carbocycles. The molecule has 3 nitrogen and oxygen atoms in total. The maximum atomic E-state index is 4.51. The van der Waals surface area contributed by atoms with Crippen LogP contribution < -0.4 is 5.32 Å². The molecule has 20 heavy (non-hydrogen) atoms. The van der Waals surface area contributed by atoms with E-state index in [1.54, 1.807) is 0 Å². The SMILES string of the molecule is CCCNC(c1ccc(C)nc1)C1(N(C)C)CCCC1. The molecule has 112 valence electrons. The zero-order valence-corrected chi connectivity index (χ0v) is 13.4. The summed E-state index contributed by atoms with van der Waals surface area (Å²) in [6, 6.07) is 4.76. The molecule has 1 N–H and O–H groups in total. The lowest BCUT2D eigenvalue weighted by Crippen LogP contribution is -2.52. The molecule has 0 saturated heterocycles. The molecule has 1 atom stereocenters. The number of aromatic nitrogens is 1. The van der Waals surface area contributed by atoms with Crippen molar-refractivity contribution in [3.8, 4) is 0 Å². The fraction of sp³-hybridized carbons (Fsp3) is 0.706. The van der Waals surface area contributed by atoms with Crippen LogP contribution in [0.3, 0.4) is 0 Å². The van der Waals surface area contributed by atoms with Crippen molar-refractivity contribution in [2.75, 3.05) is 20.6 Å². The average Bonchev–Trinajstić information content (AvgIpc) is 2.92. The van der Waals surface area contributed by atoms with E-state index in [0.29, 0.717) is 6.04 Å². The fourth-order valence-electron chi connectivity index (χ4n) is 3.54. The summed E-state index contributed by atoms with van der Waals surface area (Å²) >= 11 is 0. The van der Waals surface area contributed by atoms with E-state index in [1.807, 2.05) is 0 Å². The Bertz CT molecular complexity index is 405. The maximum Gasteiger partial charge on any atom is 0.0522 e. The standard InChI is InChI=1S/C17H29N3/c1-5-12-18-16(15-9-8-14(2)19-13-15)17(20(3)4)10-6-7-11-17/h8-9,13,16,18H,5-7,10-12H2,1-4H3. The van der Waals surface area contributed by atoms with Crippen molar-refractivity contribution in [2.45, 2.75) is 57.5 Å². The van der Waals surface area contributed by atoms with Gasteiger partial charge in [-0.2, -0.15) is 0 Å². The van der Waals surface area contributed by atoms with E-state index < -0.39 is 0 Å². The zero-order chi connectivity index (χ0) is 14.6. The topological polar surface area (TPSA) is 28.2 Å². The first-order valence-electron chi connectivity index (χ1n) is 7.93. The van der Waals surface area contributed by atoms with Crippen molar-refractivity contribution in [2.24, 2.45) is 0 Å². The Hall–Kier alpha value is -0.930. The molecular formula is C17H29N3. The van der Waals surface area contributed by atoms with Gasteiger partial charge >= 0.3 is 0 Å². The molecule has 1 aliphatic rings. The highest BCUT2D eigenvalue weighted by Gasteiger charge is 2.43. The molecule has 2 rings (SSSR count). The van der Waals surface area contributed by atoms with Crippen LogP contribution in [0.25, 0.3) is 0 Å². The van der Waals surface area contributed by atoms with E-state index in [4.69, 9.17) is 0 Å². The van der Waals surface area contributed by atoms with Crippen LogP contribution in [0, 0.1) is 6.92 Å². The second kappa shape index (κ2) is 6.68. The predicted octanol–water partition coefficient (Wildman–Crippen LogP) is 3.31. The van der Waals surface area contributed by atoms with Crippen LogP contribution in [0.2, 0.25) is 0 Å². The Balaban J connectivity index is 2.32. The molecule has 0 aromatic carbocycles. The van der Waals surface area contributed by atoms with Gasteiger partial charge in [-0.1, -0.05) is 25.8 Å². The molecule has 0 amide bonds. The number of hydrogen-bond donors (Lipinski definition) is 1. The normalized spacial score (nSPS) is 19.4. The minimum Gasteiger partial charge on any atom is -0.308 e. The Morgan fingerprint density at radius 1 is 1.30 bits per heavy atom. The number of hydrogen-bond acceptors (Lipinski definition) is 3. The van der Waals surface area contributed by atoms with E-state index in [-0.39, 0.29) is 5.54 Å². The van der Waals surface area contributed by atoms with Crippen molar-refractivity contribution in [3.63, 3.8) is 0 Å². The van der Waals surface area contributed by atoms with Gasteiger partial charge in [-0.15, -0.1) is 0 Å². The second-order valence-corrected chi connectivity index (χ2v) is 6.33. The van der Waals surface area contributed by atoms with Crippen LogP contribution in [0.4, 0.5) is 0 Å². The average molecular weight is 275 g/mol. The van der Waals surface area contributed by atoms with E-state index in [1.165, 1.54) is 37.7 Å². The molecular weight excluding hydrogens is 246 g/mol. The van der Waals surface area contributed by atoms with Gasteiger partial charge in [0.15, 0.2) is 0 Å². The molecule has 0 bridgehead atoms. The van der Waals surface area contributed by atoms with Crippen LogP contribution in [0.5, 0.6) is 0 Å². The quantitative estimate of drug-likeness (QED) is 0.863. The highest BCUT2D eigenvalue weighted by Crippen LogP contribution is 2.43. The molecule has 1 aromatic heterocycles. The molecule has 3 heteroatoms. The summed E-state index contributed by atoms with van der Waals surface area (Å²) in [7, 11) is 4.46. The number of nitrogens with one attached hydrogen (secondary N) is 1. The highest BCUT2D eigenvalue weighted by atomic mass is 15.2. The highest BCUT2D eigenvalue weighted by molar-refractivity contribution is 5.23. The number of likely N-dealkylation sites (N-methyl/N-ethyl adjacent to an activating group) is 1. The monoisotopic (exact) mass is 275 g/mol. The largest absolute Gasteiger partial charge is 0.308 e. The Morgan fingerprint density at radius 3 is 2.50 bits per heavy atom. The first-order valence-corrected chi connectivity index (χ1v) is 7.93. The van der Waals surface area contributed by atoms with Crippen molar-refractivity contribution < 1.29 is 0 Å². The third-order valence-electron chi connectivity index (χ3n) is 4.76. The lowest BCUT2D eigenvalue weighted by molar-refractivity contribution is 0.104. The fourth-order valence-corrected chi connectivity index (χ4v) is 3.54. The van der Waals surface area contributed by atoms with Gasteiger partial charge < -0.3 is 10.2 Å². The van der Waals surface area contributed by atoms with E-state index in [2.05, 4.69) is 61.5 Å². The maximum absolute atomic E-state index is 4.51. The smallest absolute Gasteiger partial charge is 0.0522 e. The molecule has 1 heterocycles. The summed E-state index contributed by atoms with van der Waals surface area (Å²) in [5, 5.41) is 3.79. The summed E-state index contributed by atoms with van der Waals surface area (Å²) in [4.78, 5) is 6.95. The van der Waals surface area contributed by atoms with Gasteiger partial charge in [0.1, 0.15) is 0 Å². The minimum atomic E-state index is 0.242. The molecule has 1 aliphatic carbocycles.